The second kappa shape index (κ2) is 8.29. The first kappa shape index (κ1) is 20.5. The van der Waals surface area contributed by atoms with Crippen molar-refractivity contribution in [3.05, 3.63) is 65.6 Å². The van der Waals surface area contributed by atoms with E-state index < -0.39 is 0 Å². The molecule has 3 nitrogen and oxygen atoms in total. The topological polar surface area (TPSA) is 38.3 Å². The summed E-state index contributed by atoms with van der Waals surface area (Å²) in [5, 5.41) is 3.47. The van der Waals surface area contributed by atoms with E-state index in [-0.39, 0.29) is 23.8 Å². The predicted molar refractivity (Wildman–Crippen MR) is 120 cm³/mol. The summed E-state index contributed by atoms with van der Waals surface area (Å²) < 4.78 is 19.2. The van der Waals surface area contributed by atoms with E-state index in [1.807, 2.05) is 6.07 Å². The number of esters is 1. The highest BCUT2D eigenvalue weighted by Crippen LogP contribution is 2.54. The lowest BCUT2D eigenvalue weighted by atomic mass is 9.56. The first-order chi connectivity index (χ1) is 15.0. The molecule has 4 aliphatic rings. The van der Waals surface area contributed by atoms with Crippen molar-refractivity contribution in [2.75, 3.05) is 6.54 Å². The number of hydrogen-bond acceptors (Lipinski definition) is 3. The largest absolute Gasteiger partial charge is 0.462 e. The SMILES string of the molecule is C[C@@H]1CC[C@@H]2[C@H](CC3C(=O)O[C@H](C)[C@H]3[C@H]2/C=C/C2=CC=C(c3cccc(F)c3)CN2)C1. The highest BCUT2D eigenvalue weighted by atomic mass is 19.1. The van der Waals surface area contributed by atoms with E-state index >= 15 is 0 Å². The maximum Gasteiger partial charge on any atom is 0.309 e. The van der Waals surface area contributed by atoms with Crippen molar-refractivity contribution in [2.24, 2.45) is 35.5 Å². The van der Waals surface area contributed by atoms with Gasteiger partial charge in [-0.15, -0.1) is 0 Å². The first-order valence-corrected chi connectivity index (χ1v) is 11.8. The van der Waals surface area contributed by atoms with Gasteiger partial charge >= 0.3 is 5.97 Å². The van der Waals surface area contributed by atoms with Crippen molar-refractivity contribution >= 4 is 11.5 Å². The fourth-order valence-electron chi connectivity index (χ4n) is 6.57. The van der Waals surface area contributed by atoms with Gasteiger partial charge in [0, 0.05) is 18.2 Å². The van der Waals surface area contributed by atoms with Crippen LogP contribution in [0.25, 0.3) is 5.57 Å². The lowest BCUT2D eigenvalue weighted by Crippen LogP contribution is -2.43. The molecular weight excluding hydrogens is 389 g/mol. The number of cyclic esters (lactones) is 1. The number of rotatable bonds is 3. The summed E-state index contributed by atoms with van der Waals surface area (Å²) in [6, 6.07) is 6.74. The van der Waals surface area contributed by atoms with Crippen molar-refractivity contribution in [1.82, 2.24) is 5.32 Å². The minimum Gasteiger partial charge on any atom is -0.462 e. The maximum atomic E-state index is 13.5. The average Bonchev–Trinajstić information content (AvgIpc) is 3.04. The van der Waals surface area contributed by atoms with Gasteiger partial charge < -0.3 is 10.1 Å². The fourth-order valence-corrected chi connectivity index (χ4v) is 6.57. The van der Waals surface area contributed by atoms with E-state index in [9.17, 15) is 9.18 Å². The molecule has 0 amide bonds. The zero-order valence-electron chi connectivity index (χ0n) is 18.4. The van der Waals surface area contributed by atoms with Gasteiger partial charge in [-0.1, -0.05) is 37.6 Å². The number of halogens is 1. The van der Waals surface area contributed by atoms with Gasteiger partial charge in [-0.2, -0.15) is 0 Å². The summed E-state index contributed by atoms with van der Waals surface area (Å²) in [4.78, 5) is 12.5. The summed E-state index contributed by atoms with van der Waals surface area (Å²) in [5.74, 6) is 2.58. The molecule has 0 aromatic heterocycles. The van der Waals surface area contributed by atoms with E-state index in [4.69, 9.17) is 4.74 Å². The second-order valence-electron chi connectivity index (χ2n) is 10.0. The van der Waals surface area contributed by atoms with Crippen LogP contribution in [0.5, 0.6) is 0 Å². The fraction of sp³-hybridized carbons (Fsp3) is 0.519. The van der Waals surface area contributed by atoms with Gasteiger partial charge in [0.05, 0.1) is 5.92 Å². The van der Waals surface area contributed by atoms with Crippen LogP contribution in [0, 0.1) is 41.3 Å². The number of nitrogens with one attached hydrogen (secondary N) is 1. The van der Waals surface area contributed by atoms with Crippen LogP contribution in [-0.4, -0.2) is 18.6 Å². The van der Waals surface area contributed by atoms with E-state index in [2.05, 4.69) is 43.5 Å². The molecule has 1 aromatic rings. The van der Waals surface area contributed by atoms with Crippen LogP contribution >= 0.6 is 0 Å². The molecule has 2 saturated carbocycles. The summed E-state index contributed by atoms with van der Waals surface area (Å²) in [6.07, 6.45) is 13.5. The van der Waals surface area contributed by atoms with Gasteiger partial charge in [-0.25, -0.2) is 4.39 Å². The standard InChI is InChI=1S/C27H32FNO2/c1-16-6-10-23-20(12-16)14-25-26(17(2)31-27(25)30)24(23)11-9-22-8-7-19(15-29-22)18-4-3-5-21(28)13-18/h3-5,7-9,11,13,16-17,20,23-26,29H,6,10,12,14-15H2,1-2H3/b11-9+/t16-,17-,20+,23-,24+,25?,26+/m1/s1. The Kier molecular flexibility index (Phi) is 5.49. The second-order valence-corrected chi connectivity index (χ2v) is 10.0. The molecule has 1 unspecified atom stereocenters. The number of hydrogen-bond donors (Lipinski definition) is 1. The van der Waals surface area contributed by atoms with E-state index in [1.165, 1.54) is 25.3 Å². The van der Waals surface area contributed by atoms with Crippen LogP contribution in [-0.2, 0) is 9.53 Å². The van der Waals surface area contributed by atoms with Crippen molar-refractivity contribution in [2.45, 2.75) is 45.6 Å². The Balaban J connectivity index is 1.37. The predicted octanol–water partition coefficient (Wildman–Crippen LogP) is 5.50. The Labute approximate surface area is 184 Å². The normalized spacial score (nSPS) is 37.4. The first-order valence-electron chi connectivity index (χ1n) is 11.8. The molecule has 1 saturated heterocycles. The van der Waals surface area contributed by atoms with E-state index in [1.54, 1.807) is 12.1 Å². The van der Waals surface area contributed by atoms with Gasteiger partial charge in [0.1, 0.15) is 11.9 Å². The molecule has 7 atom stereocenters. The van der Waals surface area contributed by atoms with Crippen LogP contribution < -0.4 is 5.32 Å². The highest BCUT2D eigenvalue weighted by Gasteiger charge is 2.54. The number of carbonyl (C=O) groups excluding carboxylic acids is 1. The quantitative estimate of drug-likeness (QED) is 0.655. The summed E-state index contributed by atoms with van der Waals surface area (Å²) in [6.45, 7) is 5.10. The zero-order chi connectivity index (χ0) is 21.5. The monoisotopic (exact) mass is 421 g/mol. The van der Waals surface area contributed by atoms with E-state index in [0.29, 0.717) is 30.2 Å². The molecule has 1 aromatic carbocycles. The number of carbonyl (C=O) groups is 1. The lowest BCUT2D eigenvalue weighted by molar-refractivity contribution is -0.144. The van der Waals surface area contributed by atoms with Crippen LogP contribution in [0.15, 0.2) is 54.3 Å². The smallest absolute Gasteiger partial charge is 0.309 e. The van der Waals surface area contributed by atoms with Gasteiger partial charge in [0.2, 0.25) is 0 Å². The van der Waals surface area contributed by atoms with Crippen LogP contribution in [0.2, 0.25) is 0 Å². The third kappa shape index (κ3) is 3.97. The lowest BCUT2D eigenvalue weighted by Gasteiger charge is -2.47. The molecule has 4 heteroatoms. The third-order valence-corrected chi connectivity index (χ3v) is 8.05. The van der Waals surface area contributed by atoms with E-state index in [0.717, 1.165) is 29.2 Å². The van der Waals surface area contributed by atoms with Crippen LogP contribution in [0.4, 0.5) is 4.39 Å². The molecule has 5 rings (SSSR count). The van der Waals surface area contributed by atoms with Crippen molar-refractivity contribution < 1.29 is 13.9 Å². The Hall–Kier alpha value is -2.36. The van der Waals surface area contributed by atoms with Gasteiger partial charge in [-0.3, -0.25) is 4.79 Å². The molecule has 2 aliphatic carbocycles. The van der Waals surface area contributed by atoms with Crippen LogP contribution in [0.3, 0.4) is 0 Å². The van der Waals surface area contributed by atoms with Crippen molar-refractivity contribution in [3.63, 3.8) is 0 Å². The minimum atomic E-state index is -0.210. The molecule has 0 spiro atoms. The average molecular weight is 422 g/mol. The van der Waals surface area contributed by atoms with Crippen molar-refractivity contribution in [3.8, 4) is 0 Å². The van der Waals surface area contributed by atoms with Gasteiger partial charge in [0.15, 0.2) is 0 Å². The molecule has 31 heavy (non-hydrogen) atoms. The molecule has 164 valence electrons. The van der Waals surface area contributed by atoms with Gasteiger partial charge in [-0.05, 0) is 85.3 Å². The number of benzene rings is 1. The third-order valence-electron chi connectivity index (χ3n) is 8.05. The van der Waals surface area contributed by atoms with Gasteiger partial charge in [0.25, 0.3) is 0 Å². The Bertz CT molecular complexity index is 948. The number of allylic oxidation sites excluding steroid dienone is 4. The zero-order valence-corrected chi connectivity index (χ0v) is 18.4. The highest BCUT2D eigenvalue weighted by molar-refractivity contribution is 5.75. The molecule has 2 heterocycles. The molecular formula is C27H32FNO2. The van der Waals surface area contributed by atoms with Crippen molar-refractivity contribution in [1.29, 1.82) is 0 Å². The molecule has 0 radical (unpaired) electrons. The molecule has 3 fully saturated rings. The molecule has 0 bridgehead atoms. The number of ether oxygens (including phenoxy) is 1. The maximum absolute atomic E-state index is 13.5. The number of dihydropyridines is 1. The molecule has 2 aliphatic heterocycles. The molecule has 1 N–H and O–H groups in total. The Morgan fingerprint density at radius 1 is 1.16 bits per heavy atom. The summed E-state index contributed by atoms with van der Waals surface area (Å²) in [5.41, 5.74) is 3.07. The number of fused-ring (bicyclic) bond motifs is 2. The Morgan fingerprint density at radius 3 is 2.81 bits per heavy atom. The van der Waals surface area contributed by atoms with Crippen LogP contribution in [0.1, 0.15) is 45.1 Å². The summed E-state index contributed by atoms with van der Waals surface area (Å²) in [7, 11) is 0. The minimum absolute atomic E-state index is 0.000204. The Morgan fingerprint density at radius 2 is 2.03 bits per heavy atom. The summed E-state index contributed by atoms with van der Waals surface area (Å²) >= 11 is 0.